The number of anilines is 1. The number of hydrogen-bond donors (Lipinski definition) is 1. The Labute approximate surface area is 254 Å². The second-order valence-corrected chi connectivity index (χ2v) is 10.6. The summed E-state index contributed by atoms with van der Waals surface area (Å²) in [6, 6.07) is 18.5. The molecule has 2 heterocycles. The molecule has 0 aliphatic carbocycles. The van der Waals surface area contributed by atoms with E-state index in [-0.39, 0.29) is 22.5 Å². The van der Waals surface area contributed by atoms with Crippen LogP contribution in [0.4, 0.5) is 18.9 Å². The number of halogens is 3. The Balaban J connectivity index is 1.20. The quantitative estimate of drug-likeness (QED) is 0.152. The average Bonchev–Trinajstić information content (AvgIpc) is 3.60. The number of nitrogens with one attached hydrogen (secondary N) is 1. The molecule has 0 spiro atoms. The van der Waals surface area contributed by atoms with E-state index in [1.807, 2.05) is 50.2 Å². The number of hydrogen-bond acceptors (Lipinski definition) is 7. The number of alkyl halides is 3. The fraction of sp³-hybridized carbons (Fsp3) is 0.172. The third kappa shape index (κ3) is 7.45. The molecule has 1 amide bonds. The van der Waals surface area contributed by atoms with Gasteiger partial charge in [-0.25, -0.2) is 9.67 Å². The highest BCUT2D eigenvalue weighted by Crippen LogP contribution is 2.31. The molecule has 1 aliphatic heterocycles. The molecule has 43 heavy (non-hydrogen) atoms. The summed E-state index contributed by atoms with van der Waals surface area (Å²) < 4.78 is 42.5. The van der Waals surface area contributed by atoms with Crippen molar-refractivity contribution in [2.75, 3.05) is 10.7 Å². The number of amidine groups is 1. The van der Waals surface area contributed by atoms with Crippen LogP contribution in [0.15, 0.2) is 83.2 Å². The van der Waals surface area contributed by atoms with Gasteiger partial charge in [0.25, 0.3) is 0 Å². The zero-order chi connectivity index (χ0) is 30.6. The zero-order valence-electron chi connectivity index (χ0n) is 22.9. The molecular formula is C29H24F3N7O2S2. The Kier molecular flexibility index (Phi) is 8.87. The SMILES string of the molecule is CCc1cc(C)ccc1N1C(=O)CS/C1=N\C(=S)N/N=C/c1ccc(-c2ncn(-c3ccc(OC(F)(F)F)cc3)n2)cc1. The van der Waals surface area contributed by atoms with Crippen molar-refractivity contribution in [2.24, 2.45) is 10.1 Å². The molecule has 4 aromatic rings. The van der Waals surface area contributed by atoms with Gasteiger partial charge in [-0.05, 0) is 67.0 Å². The monoisotopic (exact) mass is 623 g/mol. The van der Waals surface area contributed by atoms with Gasteiger partial charge >= 0.3 is 6.36 Å². The lowest BCUT2D eigenvalue weighted by atomic mass is 10.1. The Morgan fingerprint density at radius 1 is 1.14 bits per heavy atom. The van der Waals surface area contributed by atoms with Gasteiger partial charge in [0.1, 0.15) is 12.1 Å². The molecule has 1 fully saturated rings. The van der Waals surface area contributed by atoms with Crippen molar-refractivity contribution in [3.05, 3.63) is 89.7 Å². The van der Waals surface area contributed by atoms with Crippen molar-refractivity contribution < 1.29 is 22.7 Å². The molecule has 3 aromatic carbocycles. The summed E-state index contributed by atoms with van der Waals surface area (Å²) in [6.45, 7) is 4.06. The third-order valence-electron chi connectivity index (χ3n) is 6.19. The summed E-state index contributed by atoms with van der Waals surface area (Å²) in [6.07, 6.45) is -0.933. The predicted molar refractivity (Wildman–Crippen MR) is 165 cm³/mol. The molecule has 5 rings (SSSR count). The van der Waals surface area contributed by atoms with E-state index in [0.29, 0.717) is 16.7 Å². The molecule has 1 saturated heterocycles. The number of aromatic nitrogens is 3. The van der Waals surface area contributed by atoms with Crippen molar-refractivity contribution in [1.82, 2.24) is 20.2 Å². The van der Waals surface area contributed by atoms with Crippen LogP contribution in [0.25, 0.3) is 17.1 Å². The van der Waals surface area contributed by atoms with E-state index in [4.69, 9.17) is 12.2 Å². The van der Waals surface area contributed by atoms with E-state index in [1.54, 1.807) is 11.1 Å². The van der Waals surface area contributed by atoms with Crippen molar-refractivity contribution in [3.8, 4) is 22.8 Å². The predicted octanol–water partition coefficient (Wildman–Crippen LogP) is 6.05. The highest BCUT2D eigenvalue weighted by molar-refractivity contribution is 8.15. The number of thiocarbonyl (C=S) groups is 1. The van der Waals surface area contributed by atoms with E-state index in [1.165, 1.54) is 47.0 Å². The number of hydrazone groups is 1. The molecular weight excluding hydrogens is 599 g/mol. The van der Waals surface area contributed by atoms with E-state index < -0.39 is 6.36 Å². The van der Waals surface area contributed by atoms with Crippen LogP contribution in [-0.2, 0) is 11.2 Å². The molecule has 0 atom stereocenters. The van der Waals surface area contributed by atoms with Crippen LogP contribution in [0.1, 0.15) is 23.6 Å². The summed E-state index contributed by atoms with van der Waals surface area (Å²) in [4.78, 5) is 23.0. The summed E-state index contributed by atoms with van der Waals surface area (Å²) in [7, 11) is 0. The van der Waals surface area contributed by atoms with Crippen LogP contribution in [0.5, 0.6) is 5.75 Å². The van der Waals surface area contributed by atoms with E-state index in [2.05, 4.69) is 36.4 Å². The molecule has 0 saturated carbocycles. The number of benzene rings is 3. The van der Waals surface area contributed by atoms with Crippen molar-refractivity contribution in [2.45, 2.75) is 26.6 Å². The third-order valence-corrected chi connectivity index (χ3v) is 7.29. The summed E-state index contributed by atoms with van der Waals surface area (Å²) >= 11 is 6.67. The van der Waals surface area contributed by atoms with E-state index >= 15 is 0 Å². The van der Waals surface area contributed by atoms with Gasteiger partial charge in [-0.15, -0.1) is 18.3 Å². The maximum Gasteiger partial charge on any atom is 0.573 e. The summed E-state index contributed by atoms with van der Waals surface area (Å²) in [5.41, 5.74) is 7.74. The molecule has 1 aromatic heterocycles. The first-order valence-electron chi connectivity index (χ1n) is 12.9. The fourth-order valence-electron chi connectivity index (χ4n) is 4.21. The van der Waals surface area contributed by atoms with Gasteiger partial charge in [0.2, 0.25) is 11.0 Å². The van der Waals surface area contributed by atoms with E-state index in [0.717, 1.165) is 34.4 Å². The fourth-order valence-corrected chi connectivity index (χ4v) is 5.27. The highest BCUT2D eigenvalue weighted by atomic mass is 32.2. The topological polar surface area (TPSA) is 97.0 Å². The second kappa shape index (κ2) is 12.8. The smallest absolute Gasteiger partial charge is 0.406 e. The zero-order valence-corrected chi connectivity index (χ0v) is 24.5. The molecule has 0 bridgehead atoms. The molecule has 0 radical (unpaired) electrons. The molecule has 14 heteroatoms. The van der Waals surface area contributed by atoms with Gasteiger partial charge in [0, 0.05) is 5.56 Å². The Bertz CT molecular complexity index is 1700. The maximum absolute atomic E-state index is 12.7. The van der Waals surface area contributed by atoms with Crippen molar-refractivity contribution in [1.29, 1.82) is 0 Å². The highest BCUT2D eigenvalue weighted by Gasteiger charge is 2.32. The van der Waals surface area contributed by atoms with Gasteiger partial charge in [-0.1, -0.05) is 60.6 Å². The van der Waals surface area contributed by atoms with E-state index in [9.17, 15) is 18.0 Å². The van der Waals surface area contributed by atoms with Gasteiger partial charge in [-0.3, -0.25) is 15.1 Å². The van der Waals surface area contributed by atoms with Crippen LogP contribution in [0.3, 0.4) is 0 Å². The summed E-state index contributed by atoms with van der Waals surface area (Å²) in [5, 5.41) is 9.19. The first-order valence-corrected chi connectivity index (χ1v) is 14.3. The lowest BCUT2D eigenvalue weighted by molar-refractivity contribution is -0.274. The molecule has 0 unspecified atom stereocenters. The maximum atomic E-state index is 12.7. The molecule has 220 valence electrons. The van der Waals surface area contributed by atoms with Gasteiger partial charge < -0.3 is 4.74 Å². The number of thioether (sulfide) groups is 1. The lowest BCUT2D eigenvalue weighted by Gasteiger charge is -2.20. The van der Waals surface area contributed by atoms with Gasteiger partial charge in [-0.2, -0.15) is 10.1 Å². The second-order valence-electron chi connectivity index (χ2n) is 9.25. The summed E-state index contributed by atoms with van der Waals surface area (Å²) in [5.74, 6) is 0.340. The average molecular weight is 624 g/mol. The first-order chi connectivity index (χ1) is 20.6. The minimum Gasteiger partial charge on any atom is -0.406 e. The number of aryl methyl sites for hydroxylation is 2. The molecule has 9 nitrogen and oxygen atoms in total. The first kappa shape index (κ1) is 29.9. The van der Waals surface area contributed by atoms with Crippen LogP contribution in [-0.4, -0.2) is 49.3 Å². The molecule has 1 aliphatic rings. The van der Waals surface area contributed by atoms with Crippen LogP contribution < -0.4 is 15.1 Å². The molecule has 1 N–H and O–H groups in total. The minimum absolute atomic E-state index is 0.0542. The largest absolute Gasteiger partial charge is 0.573 e. The number of amides is 1. The number of carbonyl (C=O) groups excluding carboxylic acids is 1. The Hall–Kier alpha value is -4.56. The minimum atomic E-state index is -4.76. The standard InChI is InChI=1S/C29H24F3N7O2S2/c1-3-20-14-18(2)4-13-24(20)39-25(40)16-43-28(39)35-27(42)36-34-15-19-5-7-21(8-6-19)26-33-17-38(37-26)22-9-11-23(12-10-22)41-29(30,31)32/h4-15,17H,3,16H2,1-2H3,(H,36,42)/b34-15+,35-28-. The van der Waals surface area contributed by atoms with Crippen LogP contribution in [0.2, 0.25) is 0 Å². The number of nitrogens with zero attached hydrogens (tertiary/aromatic N) is 6. The van der Waals surface area contributed by atoms with Crippen molar-refractivity contribution >= 4 is 52.1 Å². The Morgan fingerprint density at radius 3 is 2.58 bits per heavy atom. The Morgan fingerprint density at radius 2 is 1.88 bits per heavy atom. The number of rotatable bonds is 7. The van der Waals surface area contributed by atoms with Crippen molar-refractivity contribution in [3.63, 3.8) is 0 Å². The van der Waals surface area contributed by atoms with Crippen LogP contribution >= 0.6 is 24.0 Å². The van der Waals surface area contributed by atoms with Gasteiger partial charge in [0.15, 0.2) is 11.0 Å². The van der Waals surface area contributed by atoms with Gasteiger partial charge in [0.05, 0.1) is 23.3 Å². The number of ether oxygens (including phenoxy) is 1. The van der Waals surface area contributed by atoms with Crippen LogP contribution in [0, 0.1) is 6.92 Å². The normalized spacial score (nSPS) is 14.6. The lowest BCUT2D eigenvalue weighted by Crippen LogP contribution is -2.31. The number of carbonyl (C=O) groups is 1. The number of aliphatic imine (C=N–C) groups is 1.